The molecule has 8 nitrogen and oxygen atoms in total. The van der Waals surface area contributed by atoms with Crippen LogP contribution in [0.15, 0.2) is 76.2 Å². The number of nitrogens with one attached hydrogen (secondary N) is 2. The average Bonchev–Trinajstić information content (AvgIpc) is 3.54. The van der Waals surface area contributed by atoms with Gasteiger partial charge in [-0.3, -0.25) is 14.4 Å². The molecule has 2 N–H and O–H groups in total. The van der Waals surface area contributed by atoms with Crippen molar-refractivity contribution in [1.29, 1.82) is 0 Å². The number of furan rings is 2. The van der Waals surface area contributed by atoms with Gasteiger partial charge in [-0.2, -0.15) is 0 Å². The van der Waals surface area contributed by atoms with Crippen LogP contribution in [0, 0.1) is 0 Å². The number of amides is 3. The zero-order chi connectivity index (χ0) is 22.3. The summed E-state index contributed by atoms with van der Waals surface area (Å²) in [5, 5.41) is 5.83. The van der Waals surface area contributed by atoms with E-state index >= 15 is 0 Å². The second-order valence-electron chi connectivity index (χ2n) is 7.78. The van der Waals surface area contributed by atoms with Crippen molar-refractivity contribution in [3.05, 3.63) is 84.2 Å². The Kier molecular flexibility index (Phi) is 6.69. The Morgan fingerprint density at radius 3 is 2.44 bits per heavy atom. The molecule has 4 rings (SSSR count). The van der Waals surface area contributed by atoms with E-state index in [0.29, 0.717) is 37.9 Å². The van der Waals surface area contributed by atoms with Crippen LogP contribution >= 0.6 is 0 Å². The van der Waals surface area contributed by atoms with Gasteiger partial charge in [0.05, 0.1) is 18.1 Å². The molecule has 1 atom stereocenters. The highest BCUT2D eigenvalue weighted by Gasteiger charge is 2.28. The van der Waals surface area contributed by atoms with Crippen LogP contribution in [0.2, 0.25) is 0 Å². The first-order valence-corrected chi connectivity index (χ1v) is 10.6. The number of likely N-dealkylation sites (tertiary alicyclic amines) is 1. The number of piperidine rings is 1. The quantitative estimate of drug-likeness (QED) is 0.594. The summed E-state index contributed by atoms with van der Waals surface area (Å²) in [5.74, 6) is -0.613. The van der Waals surface area contributed by atoms with Gasteiger partial charge in [-0.1, -0.05) is 30.3 Å². The highest BCUT2D eigenvalue weighted by molar-refractivity contribution is 5.96. The molecule has 166 valence electrons. The SMILES string of the molecule is O=C(N[C@@H](Cc1ccccc1)C(=O)NC1CCN(C(=O)c2ccoc2)CC1)c1ccco1. The van der Waals surface area contributed by atoms with Crippen molar-refractivity contribution in [2.75, 3.05) is 13.1 Å². The molecule has 1 aliphatic heterocycles. The summed E-state index contributed by atoms with van der Waals surface area (Å²) in [6.45, 7) is 1.08. The molecule has 0 radical (unpaired) electrons. The molecule has 32 heavy (non-hydrogen) atoms. The highest BCUT2D eigenvalue weighted by Crippen LogP contribution is 2.15. The van der Waals surface area contributed by atoms with E-state index in [1.54, 1.807) is 23.1 Å². The Hall–Kier alpha value is -3.81. The van der Waals surface area contributed by atoms with Crippen molar-refractivity contribution >= 4 is 17.7 Å². The number of benzene rings is 1. The number of carbonyl (C=O) groups excluding carboxylic acids is 3. The van der Waals surface area contributed by atoms with Crippen molar-refractivity contribution in [2.45, 2.75) is 31.3 Å². The van der Waals surface area contributed by atoms with Gasteiger partial charge in [0.25, 0.3) is 11.8 Å². The van der Waals surface area contributed by atoms with Crippen LogP contribution in [-0.2, 0) is 11.2 Å². The summed E-state index contributed by atoms with van der Waals surface area (Å²) < 4.78 is 10.1. The van der Waals surface area contributed by atoms with Crippen LogP contribution in [0.1, 0.15) is 39.3 Å². The Morgan fingerprint density at radius 2 is 1.78 bits per heavy atom. The van der Waals surface area contributed by atoms with E-state index in [1.165, 1.54) is 18.8 Å². The molecule has 3 amide bonds. The summed E-state index contributed by atoms with van der Waals surface area (Å²) in [5.41, 5.74) is 1.46. The number of carbonyl (C=O) groups is 3. The van der Waals surface area contributed by atoms with Crippen LogP contribution in [0.25, 0.3) is 0 Å². The molecule has 1 aliphatic rings. The topological polar surface area (TPSA) is 105 Å². The minimum absolute atomic E-state index is 0.0730. The maximum Gasteiger partial charge on any atom is 0.287 e. The van der Waals surface area contributed by atoms with Gasteiger partial charge in [0.2, 0.25) is 5.91 Å². The first-order valence-electron chi connectivity index (χ1n) is 10.6. The lowest BCUT2D eigenvalue weighted by Gasteiger charge is -2.33. The van der Waals surface area contributed by atoms with Crippen LogP contribution in [0.4, 0.5) is 0 Å². The van der Waals surface area contributed by atoms with E-state index in [0.717, 1.165) is 5.56 Å². The van der Waals surface area contributed by atoms with E-state index in [-0.39, 0.29) is 23.6 Å². The fourth-order valence-corrected chi connectivity index (χ4v) is 3.79. The van der Waals surface area contributed by atoms with Gasteiger partial charge in [-0.25, -0.2) is 0 Å². The fraction of sp³-hybridized carbons (Fsp3) is 0.292. The molecule has 8 heteroatoms. The third kappa shape index (κ3) is 5.26. The number of hydrogen-bond acceptors (Lipinski definition) is 5. The Labute approximate surface area is 185 Å². The Bertz CT molecular complexity index is 1020. The maximum absolute atomic E-state index is 13.1. The number of rotatable bonds is 7. The largest absolute Gasteiger partial charge is 0.472 e. The third-order valence-corrected chi connectivity index (χ3v) is 5.55. The second-order valence-corrected chi connectivity index (χ2v) is 7.78. The third-order valence-electron chi connectivity index (χ3n) is 5.55. The predicted octanol–water partition coefficient (Wildman–Crippen LogP) is 2.63. The zero-order valence-electron chi connectivity index (χ0n) is 17.5. The minimum Gasteiger partial charge on any atom is -0.472 e. The van der Waals surface area contributed by atoms with Crippen molar-refractivity contribution in [3.63, 3.8) is 0 Å². The zero-order valence-corrected chi connectivity index (χ0v) is 17.5. The summed E-state index contributed by atoms with van der Waals surface area (Å²) in [7, 11) is 0. The molecular weight excluding hydrogens is 410 g/mol. The molecule has 3 heterocycles. The van der Waals surface area contributed by atoms with Gasteiger partial charge >= 0.3 is 0 Å². The van der Waals surface area contributed by atoms with Crippen LogP contribution in [-0.4, -0.2) is 47.8 Å². The molecule has 2 aromatic heterocycles. The van der Waals surface area contributed by atoms with E-state index in [1.807, 2.05) is 30.3 Å². The summed E-state index contributed by atoms with van der Waals surface area (Å²) in [4.78, 5) is 39.8. The lowest BCUT2D eigenvalue weighted by atomic mass is 10.0. The minimum atomic E-state index is -0.749. The fourth-order valence-electron chi connectivity index (χ4n) is 3.79. The first-order chi connectivity index (χ1) is 15.6. The van der Waals surface area contributed by atoms with E-state index in [4.69, 9.17) is 8.83 Å². The molecule has 0 aliphatic carbocycles. The standard InChI is InChI=1S/C24H25N3O5/c28-22(25-19-8-11-27(12-9-19)24(30)18-10-14-31-16-18)20(15-17-5-2-1-3-6-17)26-23(29)21-7-4-13-32-21/h1-7,10,13-14,16,19-20H,8-9,11-12,15H2,(H,25,28)(H,26,29)/t20-/m0/s1. The summed E-state index contributed by atoms with van der Waals surface area (Å²) in [6.07, 6.45) is 5.96. The van der Waals surface area contributed by atoms with E-state index < -0.39 is 11.9 Å². The van der Waals surface area contributed by atoms with Gasteiger partial charge < -0.3 is 24.4 Å². The molecule has 3 aromatic rings. The molecule has 0 saturated carbocycles. The monoisotopic (exact) mass is 435 g/mol. The van der Waals surface area contributed by atoms with Crippen molar-refractivity contribution in [2.24, 2.45) is 0 Å². The van der Waals surface area contributed by atoms with Crippen molar-refractivity contribution < 1.29 is 23.2 Å². The number of nitrogens with zero attached hydrogens (tertiary/aromatic N) is 1. The second kappa shape index (κ2) is 10.00. The maximum atomic E-state index is 13.1. The van der Waals surface area contributed by atoms with Gasteiger partial charge in [0.1, 0.15) is 12.3 Å². The highest BCUT2D eigenvalue weighted by atomic mass is 16.3. The molecular formula is C24H25N3O5. The Balaban J connectivity index is 1.36. The number of hydrogen-bond donors (Lipinski definition) is 2. The smallest absolute Gasteiger partial charge is 0.287 e. The Morgan fingerprint density at radius 1 is 1.00 bits per heavy atom. The normalized spacial score (nSPS) is 15.2. The van der Waals surface area contributed by atoms with Gasteiger partial charge in [0, 0.05) is 25.6 Å². The summed E-state index contributed by atoms with van der Waals surface area (Å²) >= 11 is 0. The predicted molar refractivity (Wildman–Crippen MR) is 116 cm³/mol. The molecule has 1 fully saturated rings. The van der Waals surface area contributed by atoms with Crippen LogP contribution in [0.3, 0.4) is 0 Å². The average molecular weight is 435 g/mol. The van der Waals surface area contributed by atoms with Crippen LogP contribution in [0.5, 0.6) is 0 Å². The lowest BCUT2D eigenvalue weighted by Crippen LogP contribution is -2.53. The van der Waals surface area contributed by atoms with Crippen LogP contribution < -0.4 is 10.6 Å². The van der Waals surface area contributed by atoms with Gasteiger partial charge in [-0.15, -0.1) is 0 Å². The van der Waals surface area contributed by atoms with E-state index in [9.17, 15) is 14.4 Å². The molecule has 1 saturated heterocycles. The van der Waals surface area contributed by atoms with Crippen molar-refractivity contribution in [1.82, 2.24) is 15.5 Å². The van der Waals surface area contributed by atoms with Gasteiger partial charge in [-0.05, 0) is 36.6 Å². The molecule has 0 unspecified atom stereocenters. The molecule has 0 spiro atoms. The first kappa shape index (κ1) is 21.4. The molecule has 1 aromatic carbocycles. The lowest BCUT2D eigenvalue weighted by molar-refractivity contribution is -0.123. The molecule has 0 bridgehead atoms. The summed E-state index contributed by atoms with van der Waals surface area (Å²) in [6, 6.07) is 13.5. The van der Waals surface area contributed by atoms with Gasteiger partial charge in [0.15, 0.2) is 5.76 Å². The van der Waals surface area contributed by atoms with Crippen molar-refractivity contribution in [3.8, 4) is 0 Å². The van der Waals surface area contributed by atoms with E-state index in [2.05, 4.69) is 10.6 Å².